The molecular weight excluding hydrogens is 350 g/mol. The number of carbonyl (C=O) groups is 1. The molecule has 0 aliphatic carbocycles. The van der Waals surface area contributed by atoms with Crippen molar-refractivity contribution in [3.8, 4) is 11.1 Å². The van der Waals surface area contributed by atoms with Gasteiger partial charge in [-0.1, -0.05) is 18.2 Å². The van der Waals surface area contributed by atoms with Crippen molar-refractivity contribution in [1.82, 2.24) is 4.90 Å². The monoisotopic (exact) mass is 374 g/mol. The van der Waals surface area contributed by atoms with Crippen LogP contribution in [0.2, 0.25) is 0 Å². The predicted octanol–water partition coefficient (Wildman–Crippen LogP) is 3.60. The van der Waals surface area contributed by atoms with E-state index in [4.69, 9.17) is 10.5 Å². The van der Waals surface area contributed by atoms with E-state index in [0.29, 0.717) is 37.4 Å². The summed E-state index contributed by atoms with van der Waals surface area (Å²) in [5, 5.41) is 0. The van der Waals surface area contributed by atoms with Crippen LogP contribution in [0.5, 0.6) is 0 Å². The van der Waals surface area contributed by atoms with E-state index in [9.17, 15) is 13.6 Å². The van der Waals surface area contributed by atoms with Crippen molar-refractivity contribution in [1.29, 1.82) is 0 Å². The Morgan fingerprint density at radius 1 is 1.07 bits per heavy atom. The molecule has 144 valence electrons. The minimum atomic E-state index is -0.567. The van der Waals surface area contributed by atoms with Gasteiger partial charge in [-0.2, -0.15) is 0 Å². The number of halogens is 2. The van der Waals surface area contributed by atoms with Crippen LogP contribution >= 0.6 is 0 Å². The van der Waals surface area contributed by atoms with Crippen LogP contribution in [0.3, 0.4) is 0 Å². The van der Waals surface area contributed by atoms with E-state index in [1.807, 2.05) is 0 Å². The molecule has 1 aliphatic heterocycles. The fourth-order valence-electron chi connectivity index (χ4n) is 3.24. The molecule has 0 aromatic heterocycles. The van der Waals surface area contributed by atoms with Gasteiger partial charge in [0.2, 0.25) is 0 Å². The van der Waals surface area contributed by atoms with Gasteiger partial charge in [-0.25, -0.2) is 8.78 Å². The Bertz CT molecular complexity index is 772. The van der Waals surface area contributed by atoms with Crippen molar-refractivity contribution in [3.63, 3.8) is 0 Å². The number of hydrogen-bond acceptors (Lipinski definition) is 3. The van der Waals surface area contributed by atoms with Gasteiger partial charge < -0.3 is 15.4 Å². The highest BCUT2D eigenvalue weighted by Gasteiger charge is 2.25. The largest absolute Gasteiger partial charge is 0.378 e. The highest BCUT2D eigenvalue weighted by molar-refractivity contribution is 5.95. The molecule has 1 saturated heterocycles. The molecule has 4 nitrogen and oxygen atoms in total. The van der Waals surface area contributed by atoms with E-state index in [1.54, 1.807) is 23.1 Å². The van der Waals surface area contributed by atoms with Gasteiger partial charge in [-0.05, 0) is 61.2 Å². The lowest BCUT2D eigenvalue weighted by Gasteiger charge is -2.32. The lowest BCUT2D eigenvalue weighted by Crippen LogP contribution is -2.41. The maximum Gasteiger partial charge on any atom is 0.256 e. The lowest BCUT2D eigenvalue weighted by atomic mass is 10.0. The van der Waals surface area contributed by atoms with Gasteiger partial charge in [0.25, 0.3) is 5.91 Å². The predicted molar refractivity (Wildman–Crippen MR) is 100 cm³/mol. The smallest absolute Gasteiger partial charge is 0.256 e. The summed E-state index contributed by atoms with van der Waals surface area (Å²) in [6.45, 7) is 2.33. The molecule has 1 amide bonds. The van der Waals surface area contributed by atoms with Crippen LogP contribution in [0.25, 0.3) is 11.1 Å². The minimum Gasteiger partial charge on any atom is -0.378 e. The first-order valence-electron chi connectivity index (χ1n) is 9.25. The third-order valence-electron chi connectivity index (χ3n) is 4.81. The lowest BCUT2D eigenvalue weighted by molar-refractivity contribution is 0.00834. The Labute approximate surface area is 157 Å². The van der Waals surface area contributed by atoms with Gasteiger partial charge in [0, 0.05) is 19.7 Å². The number of ether oxygens (including phenoxy) is 1. The molecule has 2 aromatic carbocycles. The number of rotatable bonds is 6. The van der Waals surface area contributed by atoms with Crippen LogP contribution in [-0.2, 0) is 4.74 Å². The molecular formula is C21H24F2N2O2. The summed E-state index contributed by atoms with van der Waals surface area (Å²) in [5.41, 5.74) is 6.82. The fourth-order valence-corrected chi connectivity index (χ4v) is 3.24. The third-order valence-corrected chi connectivity index (χ3v) is 4.81. The van der Waals surface area contributed by atoms with Crippen LogP contribution in [0.15, 0.2) is 42.5 Å². The van der Waals surface area contributed by atoms with Gasteiger partial charge in [-0.15, -0.1) is 0 Å². The first-order valence-corrected chi connectivity index (χ1v) is 9.25. The number of nitrogens with zero attached hydrogens (tertiary/aromatic N) is 1. The molecule has 27 heavy (non-hydrogen) atoms. The van der Waals surface area contributed by atoms with E-state index < -0.39 is 5.82 Å². The van der Waals surface area contributed by atoms with E-state index in [1.165, 1.54) is 24.3 Å². The van der Waals surface area contributed by atoms with Gasteiger partial charge in [0.05, 0.1) is 11.7 Å². The number of piperidine rings is 1. The number of carbonyl (C=O) groups excluding carboxylic acids is 1. The van der Waals surface area contributed by atoms with Crippen LogP contribution in [-0.4, -0.2) is 43.2 Å². The number of amides is 1. The molecule has 0 saturated carbocycles. The number of benzene rings is 2. The van der Waals surface area contributed by atoms with Crippen LogP contribution in [0.4, 0.5) is 8.78 Å². The highest BCUT2D eigenvalue weighted by atomic mass is 19.1. The van der Waals surface area contributed by atoms with E-state index in [2.05, 4.69) is 0 Å². The van der Waals surface area contributed by atoms with Crippen molar-refractivity contribution in [2.75, 3.05) is 26.2 Å². The molecule has 0 atom stereocenters. The molecule has 1 heterocycles. The average molecular weight is 374 g/mol. The second-order valence-electron chi connectivity index (χ2n) is 6.71. The Morgan fingerprint density at radius 3 is 2.37 bits per heavy atom. The molecule has 0 unspecified atom stereocenters. The second-order valence-corrected chi connectivity index (χ2v) is 6.71. The SMILES string of the molecule is NCCCOC1CCN(C(=O)c2ccc(-c3ccc(F)cc3)cc2F)CC1. The third kappa shape index (κ3) is 4.90. The fraction of sp³-hybridized carbons (Fsp3) is 0.381. The molecule has 0 spiro atoms. The molecule has 3 rings (SSSR count). The van der Waals surface area contributed by atoms with Crippen molar-refractivity contribution in [3.05, 3.63) is 59.7 Å². The van der Waals surface area contributed by atoms with Gasteiger partial charge in [-0.3, -0.25) is 4.79 Å². The standard InChI is InChI=1S/C21H24F2N2O2/c22-17-5-2-15(3-6-17)16-4-7-19(20(23)14-16)21(26)25-11-8-18(9-12-25)27-13-1-10-24/h2-7,14,18H,1,8-13,24H2. The van der Waals surface area contributed by atoms with Gasteiger partial charge in [0.1, 0.15) is 11.6 Å². The Kier molecular flexibility index (Phi) is 6.53. The van der Waals surface area contributed by atoms with Gasteiger partial charge in [0.15, 0.2) is 0 Å². The zero-order valence-corrected chi connectivity index (χ0v) is 15.2. The van der Waals surface area contributed by atoms with Crippen molar-refractivity contribution in [2.24, 2.45) is 5.73 Å². The van der Waals surface area contributed by atoms with Crippen molar-refractivity contribution < 1.29 is 18.3 Å². The minimum absolute atomic E-state index is 0.0587. The molecule has 2 aromatic rings. The number of hydrogen-bond donors (Lipinski definition) is 1. The van der Waals surface area contributed by atoms with Crippen molar-refractivity contribution >= 4 is 5.91 Å². The zero-order valence-electron chi connectivity index (χ0n) is 15.2. The van der Waals surface area contributed by atoms with E-state index in [-0.39, 0.29) is 23.4 Å². The summed E-state index contributed by atoms with van der Waals surface area (Å²) >= 11 is 0. The summed E-state index contributed by atoms with van der Waals surface area (Å²) in [7, 11) is 0. The number of likely N-dealkylation sites (tertiary alicyclic amines) is 1. The first kappa shape index (κ1) is 19.5. The highest BCUT2D eigenvalue weighted by Crippen LogP contribution is 2.24. The second kappa shape index (κ2) is 9.06. The summed E-state index contributed by atoms with van der Waals surface area (Å²) in [5.74, 6) is -1.22. The molecule has 0 radical (unpaired) electrons. The van der Waals surface area contributed by atoms with E-state index >= 15 is 0 Å². The maximum atomic E-state index is 14.5. The summed E-state index contributed by atoms with van der Waals surface area (Å²) < 4.78 is 33.3. The van der Waals surface area contributed by atoms with Crippen LogP contribution in [0, 0.1) is 11.6 Å². The Balaban J connectivity index is 1.63. The van der Waals surface area contributed by atoms with E-state index in [0.717, 1.165) is 19.3 Å². The Morgan fingerprint density at radius 2 is 1.74 bits per heavy atom. The van der Waals surface area contributed by atoms with Crippen LogP contribution < -0.4 is 5.73 Å². The topological polar surface area (TPSA) is 55.6 Å². The normalized spacial score (nSPS) is 15.1. The average Bonchev–Trinajstić information content (AvgIpc) is 2.69. The Hall–Kier alpha value is -2.31. The molecule has 0 bridgehead atoms. The zero-order chi connectivity index (χ0) is 19.2. The van der Waals surface area contributed by atoms with Crippen molar-refractivity contribution in [2.45, 2.75) is 25.4 Å². The number of nitrogens with two attached hydrogens (primary N) is 1. The summed E-state index contributed by atoms with van der Waals surface area (Å²) in [6.07, 6.45) is 2.44. The molecule has 2 N–H and O–H groups in total. The van der Waals surface area contributed by atoms with Crippen LogP contribution in [0.1, 0.15) is 29.6 Å². The quantitative estimate of drug-likeness (QED) is 0.786. The molecule has 6 heteroatoms. The maximum absolute atomic E-state index is 14.5. The first-order chi connectivity index (χ1) is 13.1. The molecule has 1 fully saturated rings. The summed E-state index contributed by atoms with van der Waals surface area (Å²) in [6, 6.07) is 10.3. The summed E-state index contributed by atoms with van der Waals surface area (Å²) in [4.78, 5) is 14.3. The van der Waals surface area contributed by atoms with Gasteiger partial charge >= 0.3 is 0 Å². The molecule has 1 aliphatic rings.